The molecule has 0 heterocycles. The molecule has 0 atom stereocenters. The van der Waals surface area contributed by atoms with Crippen molar-refractivity contribution in [2.24, 2.45) is 0 Å². The Morgan fingerprint density at radius 1 is 1.05 bits per heavy atom. The third-order valence-electron chi connectivity index (χ3n) is 2.99. The van der Waals surface area contributed by atoms with Gasteiger partial charge in [0.05, 0.1) is 4.47 Å². The van der Waals surface area contributed by atoms with E-state index in [-0.39, 0.29) is 0 Å². The zero-order valence-corrected chi connectivity index (χ0v) is 13.3. The van der Waals surface area contributed by atoms with Gasteiger partial charge in [0.2, 0.25) is 0 Å². The lowest BCUT2D eigenvalue weighted by Gasteiger charge is -2.10. The monoisotopic (exact) mass is 333 g/mol. The van der Waals surface area contributed by atoms with Crippen molar-refractivity contribution in [3.05, 3.63) is 64.1 Å². The molecular formula is C17H20BrNO. The Bertz CT molecular complexity index is 528. The molecule has 0 unspecified atom stereocenters. The maximum Gasteiger partial charge on any atom is 0.134 e. The van der Waals surface area contributed by atoms with Crippen LogP contribution < -0.4 is 10.1 Å². The number of ether oxygens (including phenoxy) is 1. The molecule has 0 aliphatic heterocycles. The summed E-state index contributed by atoms with van der Waals surface area (Å²) in [5.74, 6) is 0.882. The van der Waals surface area contributed by atoms with Crippen LogP contribution in [0, 0.1) is 0 Å². The van der Waals surface area contributed by atoms with Gasteiger partial charge in [-0.15, -0.1) is 0 Å². The molecule has 2 nitrogen and oxygen atoms in total. The topological polar surface area (TPSA) is 21.3 Å². The summed E-state index contributed by atoms with van der Waals surface area (Å²) in [5, 5.41) is 3.39. The molecule has 20 heavy (non-hydrogen) atoms. The number of halogens is 1. The Balaban J connectivity index is 1.92. The molecule has 0 aliphatic rings. The van der Waals surface area contributed by atoms with Gasteiger partial charge in [-0.3, -0.25) is 0 Å². The summed E-state index contributed by atoms with van der Waals surface area (Å²) < 4.78 is 6.84. The number of nitrogens with one attached hydrogen (secondary N) is 1. The standard InChI is InChI=1S/C17H20BrNO/c1-2-10-19-12-15-8-9-17(16(18)11-15)20-13-14-6-4-3-5-7-14/h3-9,11,19H,2,10,12-13H2,1H3. The summed E-state index contributed by atoms with van der Waals surface area (Å²) in [6, 6.07) is 16.4. The third-order valence-corrected chi connectivity index (χ3v) is 3.61. The fraction of sp³-hybridized carbons (Fsp3) is 0.294. The second kappa shape index (κ2) is 8.08. The van der Waals surface area contributed by atoms with E-state index in [1.165, 1.54) is 11.1 Å². The van der Waals surface area contributed by atoms with Crippen LogP contribution in [0.25, 0.3) is 0 Å². The SMILES string of the molecule is CCCNCc1ccc(OCc2ccccc2)c(Br)c1. The van der Waals surface area contributed by atoms with Gasteiger partial charge in [0.25, 0.3) is 0 Å². The summed E-state index contributed by atoms with van der Waals surface area (Å²) in [5.41, 5.74) is 2.44. The number of benzene rings is 2. The molecular weight excluding hydrogens is 314 g/mol. The second-order valence-electron chi connectivity index (χ2n) is 4.72. The summed E-state index contributed by atoms with van der Waals surface area (Å²) in [7, 11) is 0. The van der Waals surface area contributed by atoms with Gasteiger partial charge in [-0.05, 0) is 52.2 Å². The predicted molar refractivity (Wildman–Crippen MR) is 86.9 cm³/mol. The van der Waals surface area contributed by atoms with Crippen LogP contribution in [0.15, 0.2) is 53.0 Å². The summed E-state index contributed by atoms with van der Waals surface area (Å²) in [4.78, 5) is 0. The number of hydrogen-bond donors (Lipinski definition) is 1. The molecule has 0 saturated carbocycles. The minimum absolute atomic E-state index is 0.590. The molecule has 2 aromatic rings. The van der Waals surface area contributed by atoms with Crippen LogP contribution in [-0.4, -0.2) is 6.54 Å². The Morgan fingerprint density at radius 2 is 1.85 bits per heavy atom. The highest BCUT2D eigenvalue weighted by molar-refractivity contribution is 9.10. The average molecular weight is 334 g/mol. The Labute approximate surface area is 129 Å². The van der Waals surface area contributed by atoms with Crippen LogP contribution >= 0.6 is 15.9 Å². The maximum atomic E-state index is 5.84. The van der Waals surface area contributed by atoms with Crippen molar-refractivity contribution < 1.29 is 4.74 Å². The van der Waals surface area contributed by atoms with Crippen molar-refractivity contribution in [3.63, 3.8) is 0 Å². The van der Waals surface area contributed by atoms with E-state index in [4.69, 9.17) is 4.74 Å². The molecule has 2 rings (SSSR count). The van der Waals surface area contributed by atoms with Crippen molar-refractivity contribution in [2.45, 2.75) is 26.5 Å². The highest BCUT2D eigenvalue weighted by Gasteiger charge is 2.03. The Morgan fingerprint density at radius 3 is 2.55 bits per heavy atom. The first-order chi connectivity index (χ1) is 9.79. The molecule has 0 radical (unpaired) electrons. The average Bonchev–Trinajstić information content (AvgIpc) is 2.48. The molecule has 106 valence electrons. The smallest absolute Gasteiger partial charge is 0.134 e. The molecule has 0 aromatic heterocycles. The molecule has 3 heteroatoms. The molecule has 0 saturated heterocycles. The summed E-state index contributed by atoms with van der Waals surface area (Å²) in [6.07, 6.45) is 1.15. The normalized spacial score (nSPS) is 10.5. The fourth-order valence-corrected chi connectivity index (χ4v) is 2.46. The first-order valence-electron chi connectivity index (χ1n) is 6.95. The highest BCUT2D eigenvalue weighted by atomic mass is 79.9. The molecule has 0 aliphatic carbocycles. The minimum atomic E-state index is 0.590. The summed E-state index contributed by atoms with van der Waals surface area (Å²) >= 11 is 3.58. The van der Waals surface area contributed by atoms with E-state index in [0.29, 0.717) is 6.61 Å². The van der Waals surface area contributed by atoms with E-state index in [0.717, 1.165) is 29.7 Å². The Hall–Kier alpha value is -1.32. The minimum Gasteiger partial charge on any atom is -0.488 e. The van der Waals surface area contributed by atoms with Crippen LogP contribution in [0.5, 0.6) is 5.75 Å². The van der Waals surface area contributed by atoms with E-state index < -0.39 is 0 Å². The van der Waals surface area contributed by atoms with Gasteiger partial charge >= 0.3 is 0 Å². The van der Waals surface area contributed by atoms with Gasteiger partial charge in [0.15, 0.2) is 0 Å². The van der Waals surface area contributed by atoms with Crippen molar-refractivity contribution >= 4 is 15.9 Å². The van der Waals surface area contributed by atoms with Crippen LogP contribution in [0.1, 0.15) is 24.5 Å². The van der Waals surface area contributed by atoms with E-state index in [1.807, 2.05) is 24.3 Å². The number of rotatable bonds is 7. The van der Waals surface area contributed by atoms with Crippen molar-refractivity contribution in [1.82, 2.24) is 5.32 Å². The van der Waals surface area contributed by atoms with Crippen LogP contribution in [0.2, 0.25) is 0 Å². The van der Waals surface area contributed by atoms with Gasteiger partial charge in [0, 0.05) is 6.54 Å². The van der Waals surface area contributed by atoms with E-state index in [2.05, 4.69) is 52.4 Å². The lowest BCUT2D eigenvalue weighted by atomic mass is 10.2. The molecule has 2 aromatic carbocycles. The number of hydrogen-bond acceptors (Lipinski definition) is 2. The van der Waals surface area contributed by atoms with Gasteiger partial charge in [-0.25, -0.2) is 0 Å². The predicted octanol–water partition coefficient (Wildman–Crippen LogP) is 4.53. The van der Waals surface area contributed by atoms with E-state index >= 15 is 0 Å². The molecule has 1 N–H and O–H groups in total. The largest absolute Gasteiger partial charge is 0.488 e. The van der Waals surface area contributed by atoms with Gasteiger partial charge in [-0.1, -0.05) is 43.3 Å². The van der Waals surface area contributed by atoms with Crippen LogP contribution in [0.4, 0.5) is 0 Å². The van der Waals surface area contributed by atoms with Crippen molar-refractivity contribution in [2.75, 3.05) is 6.54 Å². The first-order valence-corrected chi connectivity index (χ1v) is 7.74. The van der Waals surface area contributed by atoms with Crippen LogP contribution in [-0.2, 0) is 13.2 Å². The van der Waals surface area contributed by atoms with Gasteiger partial charge < -0.3 is 10.1 Å². The van der Waals surface area contributed by atoms with E-state index in [9.17, 15) is 0 Å². The highest BCUT2D eigenvalue weighted by Crippen LogP contribution is 2.26. The van der Waals surface area contributed by atoms with Gasteiger partial charge in [0.1, 0.15) is 12.4 Å². The maximum absolute atomic E-state index is 5.84. The van der Waals surface area contributed by atoms with Crippen LogP contribution in [0.3, 0.4) is 0 Å². The zero-order chi connectivity index (χ0) is 14.2. The fourth-order valence-electron chi connectivity index (χ4n) is 1.92. The van der Waals surface area contributed by atoms with Crippen molar-refractivity contribution in [1.29, 1.82) is 0 Å². The zero-order valence-electron chi connectivity index (χ0n) is 11.7. The lowest BCUT2D eigenvalue weighted by Crippen LogP contribution is -2.13. The molecule has 0 fully saturated rings. The first kappa shape index (κ1) is 15.1. The van der Waals surface area contributed by atoms with E-state index in [1.54, 1.807) is 0 Å². The molecule has 0 bridgehead atoms. The Kier molecular flexibility index (Phi) is 6.09. The quantitative estimate of drug-likeness (QED) is 0.751. The molecule has 0 amide bonds. The molecule has 0 spiro atoms. The second-order valence-corrected chi connectivity index (χ2v) is 5.57. The third kappa shape index (κ3) is 4.66. The van der Waals surface area contributed by atoms with Gasteiger partial charge in [-0.2, -0.15) is 0 Å². The van der Waals surface area contributed by atoms with Crippen molar-refractivity contribution in [3.8, 4) is 5.75 Å². The summed E-state index contributed by atoms with van der Waals surface area (Å²) in [6.45, 7) is 4.70. The lowest BCUT2D eigenvalue weighted by molar-refractivity contribution is 0.304.